The van der Waals surface area contributed by atoms with Crippen LogP contribution in [0.1, 0.15) is 67.1 Å². The number of rotatable bonds is 4. The Labute approximate surface area is 181 Å². The van der Waals surface area contributed by atoms with E-state index in [9.17, 15) is 0 Å². The Balaban J connectivity index is 1.61. The van der Waals surface area contributed by atoms with E-state index in [1.165, 1.54) is 6.42 Å². The smallest absolute Gasteiger partial charge is 0.0734 e. The number of fused-ring (bicyclic) bond motifs is 3. The zero-order chi connectivity index (χ0) is 22.5. The van der Waals surface area contributed by atoms with Gasteiger partial charge in [0.15, 0.2) is 0 Å². The first kappa shape index (κ1) is 15.6. The van der Waals surface area contributed by atoms with E-state index in [0.717, 1.165) is 62.7 Å². The van der Waals surface area contributed by atoms with Gasteiger partial charge >= 0.3 is 0 Å². The van der Waals surface area contributed by atoms with Crippen LogP contribution < -0.4 is 0 Å². The van der Waals surface area contributed by atoms with Crippen molar-refractivity contribution in [3.05, 3.63) is 60.0 Å². The van der Waals surface area contributed by atoms with Crippen LogP contribution >= 0.6 is 11.3 Å². The highest BCUT2D eigenvalue weighted by Gasteiger charge is 2.16. The molecular weight excluding hydrogens is 372 g/mol. The molecule has 0 radical (unpaired) electrons. The molecule has 2 nitrogen and oxygen atoms in total. The second-order valence-corrected chi connectivity index (χ2v) is 9.34. The fourth-order valence-electron chi connectivity index (χ4n) is 4.33. The minimum Gasteiger partial charge on any atom is -0.263 e. The highest BCUT2D eigenvalue weighted by molar-refractivity contribution is 7.26. The minimum atomic E-state index is -1.35. The lowest BCUT2D eigenvalue weighted by atomic mass is 9.85. The van der Waals surface area contributed by atoms with Crippen LogP contribution in [0.5, 0.6) is 0 Å². The van der Waals surface area contributed by atoms with Crippen LogP contribution in [0.3, 0.4) is 0 Å². The molecule has 3 aromatic heterocycles. The van der Waals surface area contributed by atoms with Gasteiger partial charge in [0.25, 0.3) is 0 Å². The lowest BCUT2D eigenvalue weighted by Gasteiger charge is -2.21. The predicted octanol–water partition coefficient (Wildman–Crippen LogP) is 7.76. The Morgan fingerprint density at radius 1 is 1.10 bits per heavy atom. The van der Waals surface area contributed by atoms with Gasteiger partial charge in [0, 0.05) is 48.4 Å². The minimum absolute atomic E-state index is 0.0661. The van der Waals surface area contributed by atoms with Crippen molar-refractivity contribution in [2.75, 3.05) is 0 Å². The van der Waals surface area contributed by atoms with Crippen molar-refractivity contribution in [3.8, 4) is 11.3 Å². The molecule has 4 aromatic rings. The van der Waals surface area contributed by atoms with E-state index in [0.29, 0.717) is 5.56 Å². The summed E-state index contributed by atoms with van der Waals surface area (Å²) >= 11 is 1.70. The third-order valence-electron chi connectivity index (χ3n) is 5.97. The van der Waals surface area contributed by atoms with E-state index in [1.54, 1.807) is 17.5 Å². The number of aromatic nitrogens is 2. The zero-order valence-electron chi connectivity index (χ0n) is 20.0. The molecule has 148 valence electrons. The van der Waals surface area contributed by atoms with E-state index < -0.39 is 12.3 Å². The molecule has 0 unspecified atom stereocenters. The Bertz CT molecular complexity index is 1280. The second kappa shape index (κ2) is 7.87. The van der Waals surface area contributed by atoms with Crippen molar-refractivity contribution in [1.29, 1.82) is 0 Å². The summed E-state index contributed by atoms with van der Waals surface area (Å²) in [6.07, 6.45) is 9.47. The number of benzene rings is 1. The molecule has 1 aliphatic rings. The van der Waals surface area contributed by atoms with Crippen LogP contribution in [-0.2, 0) is 6.37 Å². The Kier molecular flexibility index (Phi) is 4.22. The average Bonchev–Trinajstić information content (AvgIpc) is 3.17. The van der Waals surface area contributed by atoms with Gasteiger partial charge in [-0.2, -0.15) is 0 Å². The highest BCUT2D eigenvalue weighted by atomic mass is 32.1. The topological polar surface area (TPSA) is 25.8 Å². The molecule has 0 bridgehead atoms. The highest BCUT2D eigenvalue weighted by Crippen LogP contribution is 2.40. The number of thiophene rings is 1. The van der Waals surface area contributed by atoms with Crippen molar-refractivity contribution in [1.82, 2.24) is 9.97 Å². The van der Waals surface area contributed by atoms with Gasteiger partial charge < -0.3 is 0 Å². The maximum absolute atomic E-state index is 8.86. The maximum atomic E-state index is 8.86. The first-order chi connectivity index (χ1) is 15.2. The van der Waals surface area contributed by atoms with Crippen LogP contribution in [0, 0.1) is 5.92 Å². The maximum Gasteiger partial charge on any atom is 0.0734 e. The number of pyridine rings is 2. The van der Waals surface area contributed by atoms with Gasteiger partial charge in [0.1, 0.15) is 0 Å². The van der Waals surface area contributed by atoms with Crippen LogP contribution in [0.4, 0.5) is 0 Å². The predicted molar refractivity (Wildman–Crippen MR) is 125 cm³/mol. The molecule has 0 atom stereocenters. The Hall–Kier alpha value is -2.26. The summed E-state index contributed by atoms with van der Waals surface area (Å²) in [5.74, 6) is -0.581. The third kappa shape index (κ3) is 3.69. The van der Waals surface area contributed by atoms with Gasteiger partial charge in [-0.1, -0.05) is 58.1 Å². The van der Waals surface area contributed by atoms with Crippen LogP contribution in [-0.4, -0.2) is 9.97 Å². The zero-order valence-corrected chi connectivity index (χ0v) is 17.9. The molecule has 0 spiro atoms. The fraction of sp³-hybridized carbons (Fsp3) is 0.385. The summed E-state index contributed by atoms with van der Waals surface area (Å²) in [5.41, 5.74) is 3.42. The van der Waals surface area contributed by atoms with Crippen LogP contribution in [0.25, 0.3) is 31.4 Å². The number of hydrogen-bond donors (Lipinski definition) is 0. The SMILES string of the molecule is [2H]C(C)(C)c1ccc2c(c1)sc1c(-c3cc(C([2H])([2H])C4CCCCC4)ccn3)cncc12. The third-order valence-corrected chi connectivity index (χ3v) is 7.17. The molecule has 1 saturated carbocycles. The van der Waals surface area contributed by atoms with Gasteiger partial charge in [-0.05, 0) is 47.5 Å². The van der Waals surface area contributed by atoms with Crippen LogP contribution in [0.2, 0.25) is 0 Å². The fourth-order valence-corrected chi connectivity index (χ4v) is 5.57. The number of hydrogen-bond acceptors (Lipinski definition) is 3. The molecule has 3 heterocycles. The molecular formula is C26H28N2S. The lowest BCUT2D eigenvalue weighted by molar-refractivity contribution is 0.356. The molecule has 0 amide bonds. The molecule has 29 heavy (non-hydrogen) atoms. The summed E-state index contributed by atoms with van der Waals surface area (Å²) in [5, 5.41) is 2.22. The molecule has 3 heteroatoms. The summed E-state index contributed by atoms with van der Waals surface area (Å²) in [6, 6.07) is 10.00. The molecule has 5 rings (SSSR count). The first-order valence-corrected chi connectivity index (χ1v) is 11.3. The normalized spacial score (nSPS) is 17.9. The summed E-state index contributed by atoms with van der Waals surface area (Å²) in [4.78, 5) is 9.12. The van der Waals surface area contributed by atoms with Gasteiger partial charge in [-0.15, -0.1) is 11.3 Å². The second-order valence-electron chi connectivity index (χ2n) is 8.29. The Morgan fingerprint density at radius 2 is 1.97 bits per heavy atom. The quantitative estimate of drug-likeness (QED) is 0.348. The lowest BCUT2D eigenvalue weighted by Crippen LogP contribution is -2.09. The summed E-state index contributed by atoms with van der Waals surface area (Å²) in [7, 11) is 0. The first-order valence-electron chi connectivity index (χ1n) is 12.0. The van der Waals surface area contributed by atoms with Crippen molar-refractivity contribution >= 4 is 31.5 Å². The standard InChI is InChI=1S/C26H28N2S/c1-17(2)20-8-9-21-22-15-27-16-23(26(22)29-25(21)14-20)24-13-19(10-11-28-24)12-18-6-4-3-5-7-18/h8-11,13-18H,3-7,12H2,1-2H3/i12D2,17D. The molecule has 0 N–H and O–H groups in total. The summed E-state index contributed by atoms with van der Waals surface area (Å²) < 4.78 is 28.3. The average molecular weight is 404 g/mol. The molecule has 1 aliphatic carbocycles. The van der Waals surface area contributed by atoms with Gasteiger partial charge in [-0.3, -0.25) is 9.97 Å². The monoisotopic (exact) mass is 403 g/mol. The molecule has 1 aromatic carbocycles. The van der Waals surface area contributed by atoms with E-state index in [4.69, 9.17) is 4.11 Å². The van der Waals surface area contributed by atoms with Gasteiger partial charge in [-0.25, -0.2) is 0 Å². The van der Waals surface area contributed by atoms with E-state index in [2.05, 4.69) is 22.1 Å². The van der Waals surface area contributed by atoms with E-state index in [-0.39, 0.29) is 5.92 Å². The van der Waals surface area contributed by atoms with Crippen LogP contribution in [0.15, 0.2) is 48.9 Å². The largest absolute Gasteiger partial charge is 0.263 e. The molecule has 0 aliphatic heterocycles. The van der Waals surface area contributed by atoms with Gasteiger partial charge in [0.05, 0.1) is 5.69 Å². The summed E-state index contributed by atoms with van der Waals surface area (Å²) in [6.45, 7) is 3.81. The van der Waals surface area contributed by atoms with E-state index in [1.807, 2.05) is 44.4 Å². The molecule has 1 fully saturated rings. The van der Waals surface area contributed by atoms with E-state index >= 15 is 0 Å². The van der Waals surface area contributed by atoms with Crippen molar-refractivity contribution in [3.63, 3.8) is 0 Å². The Morgan fingerprint density at radius 3 is 2.79 bits per heavy atom. The van der Waals surface area contributed by atoms with Crippen molar-refractivity contribution in [2.45, 2.75) is 58.2 Å². The van der Waals surface area contributed by atoms with Crippen molar-refractivity contribution in [2.24, 2.45) is 5.92 Å². The molecule has 0 saturated heterocycles. The van der Waals surface area contributed by atoms with Gasteiger partial charge in [0.2, 0.25) is 0 Å². The number of nitrogens with zero attached hydrogens (tertiary/aromatic N) is 2. The van der Waals surface area contributed by atoms with Crippen molar-refractivity contribution < 1.29 is 4.11 Å².